The Morgan fingerprint density at radius 2 is 2.30 bits per heavy atom. The van der Waals surface area contributed by atoms with Crippen LogP contribution in [-0.2, 0) is 0 Å². The summed E-state index contributed by atoms with van der Waals surface area (Å²) in [6.07, 6.45) is 1.73. The van der Waals surface area contributed by atoms with E-state index < -0.39 is 0 Å². The van der Waals surface area contributed by atoms with E-state index in [-0.39, 0.29) is 0 Å². The van der Waals surface area contributed by atoms with Crippen molar-refractivity contribution in [2.45, 2.75) is 6.92 Å². The summed E-state index contributed by atoms with van der Waals surface area (Å²) in [5.74, 6) is 0.750. The zero-order chi connectivity index (χ0) is 7.56. The maximum Gasteiger partial charge on any atom is 0.149 e. The number of nitrogens with two attached hydrogens (primary N) is 1. The van der Waals surface area contributed by atoms with Gasteiger partial charge in [0.2, 0.25) is 0 Å². The number of hydrogen-bond donors (Lipinski definition) is 2. The first-order valence-corrected chi connectivity index (χ1v) is 3.14. The number of aromatic nitrogens is 1. The van der Waals surface area contributed by atoms with Crippen LogP contribution in [0, 0.1) is 6.92 Å². The molecule has 0 saturated carbocycles. The van der Waals surface area contributed by atoms with Gasteiger partial charge in [0.15, 0.2) is 0 Å². The predicted octanol–water partition coefficient (Wildman–Crippen LogP) is 1.01. The fourth-order valence-corrected chi connectivity index (χ4v) is 0.769. The molecule has 10 heavy (non-hydrogen) atoms. The van der Waals surface area contributed by atoms with Gasteiger partial charge in [-0.3, -0.25) is 0 Å². The summed E-state index contributed by atoms with van der Waals surface area (Å²) in [6.45, 7) is 1.96. The number of rotatable bonds is 1. The first-order valence-electron chi connectivity index (χ1n) is 3.14. The van der Waals surface area contributed by atoms with Crippen LogP contribution < -0.4 is 11.1 Å². The molecule has 0 amide bonds. The van der Waals surface area contributed by atoms with Gasteiger partial charge >= 0.3 is 0 Å². The summed E-state index contributed by atoms with van der Waals surface area (Å²) >= 11 is 0. The lowest BCUT2D eigenvalue weighted by molar-refractivity contribution is 1.26. The van der Waals surface area contributed by atoms with Crippen LogP contribution in [0.4, 0.5) is 11.5 Å². The van der Waals surface area contributed by atoms with Crippen LogP contribution in [0.1, 0.15) is 5.56 Å². The minimum atomic E-state index is 0.727. The molecule has 1 aromatic heterocycles. The third kappa shape index (κ3) is 1.03. The smallest absolute Gasteiger partial charge is 0.149 e. The van der Waals surface area contributed by atoms with E-state index in [0.29, 0.717) is 0 Å². The second-order valence-corrected chi connectivity index (χ2v) is 2.14. The van der Waals surface area contributed by atoms with Gasteiger partial charge in [-0.25, -0.2) is 4.98 Å². The van der Waals surface area contributed by atoms with Crippen molar-refractivity contribution in [3.8, 4) is 0 Å². The minimum Gasteiger partial charge on any atom is -0.396 e. The highest BCUT2D eigenvalue weighted by Gasteiger charge is 1.98. The molecule has 0 aliphatic heterocycles. The molecule has 54 valence electrons. The summed E-state index contributed by atoms with van der Waals surface area (Å²) in [5, 5.41) is 2.90. The fourth-order valence-electron chi connectivity index (χ4n) is 0.769. The molecule has 3 N–H and O–H groups in total. The van der Waals surface area contributed by atoms with Crippen LogP contribution in [0.5, 0.6) is 0 Å². The summed E-state index contributed by atoms with van der Waals surface area (Å²) in [4.78, 5) is 4.02. The van der Waals surface area contributed by atoms with Crippen LogP contribution in [0.15, 0.2) is 12.3 Å². The molecule has 0 aromatic carbocycles. The van der Waals surface area contributed by atoms with E-state index in [9.17, 15) is 0 Å². The maximum absolute atomic E-state index is 5.67. The number of nitrogen functional groups attached to an aromatic ring is 1. The third-order valence-electron chi connectivity index (χ3n) is 1.44. The van der Waals surface area contributed by atoms with E-state index in [1.54, 1.807) is 13.2 Å². The molecule has 0 spiro atoms. The predicted molar refractivity (Wildman–Crippen MR) is 42.9 cm³/mol. The average molecular weight is 137 g/mol. The Balaban J connectivity index is 3.14. The van der Waals surface area contributed by atoms with Gasteiger partial charge in [0.25, 0.3) is 0 Å². The van der Waals surface area contributed by atoms with Crippen LogP contribution in [0.2, 0.25) is 0 Å². The van der Waals surface area contributed by atoms with Crippen molar-refractivity contribution >= 4 is 11.5 Å². The van der Waals surface area contributed by atoms with Crippen molar-refractivity contribution < 1.29 is 0 Å². The van der Waals surface area contributed by atoms with Crippen molar-refractivity contribution in [3.63, 3.8) is 0 Å². The van der Waals surface area contributed by atoms with Gasteiger partial charge in [0.05, 0.1) is 5.69 Å². The van der Waals surface area contributed by atoms with E-state index in [0.717, 1.165) is 17.1 Å². The second kappa shape index (κ2) is 2.56. The van der Waals surface area contributed by atoms with E-state index >= 15 is 0 Å². The minimum absolute atomic E-state index is 0.727. The van der Waals surface area contributed by atoms with Gasteiger partial charge in [-0.15, -0.1) is 0 Å². The third-order valence-corrected chi connectivity index (χ3v) is 1.44. The molecule has 3 heteroatoms. The van der Waals surface area contributed by atoms with Crippen molar-refractivity contribution in [2.75, 3.05) is 18.1 Å². The Labute approximate surface area is 60.3 Å². The van der Waals surface area contributed by atoms with E-state index in [1.807, 2.05) is 13.0 Å². The highest BCUT2D eigenvalue weighted by Crippen LogP contribution is 2.17. The summed E-state index contributed by atoms with van der Waals surface area (Å²) in [7, 11) is 1.80. The molecule has 1 aromatic rings. The number of nitrogens with one attached hydrogen (secondary N) is 1. The number of anilines is 2. The van der Waals surface area contributed by atoms with Gasteiger partial charge in [-0.2, -0.15) is 0 Å². The molecule has 3 nitrogen and oxygen atoms in total. The second-order valence-electron chi connectivity index (χ2n) is 2.14. The zero-order valence-corrected chi connectivity index (χ0v) is 6.18. The number of pyridine rings is 1. The van der Waals surface area contributed by atoms with E-state index in [4.69, 9.17) is 5.73 Å². The Kier molecular flexibility index (Phi) is 1.76. The molecule has 0 aliphatic carbocycles. The normalized spacial score (nSPS) is 9.40. The van der Waals surface area contributed by atoms with Crippen LogP contribution in [0.25, 0.3) is 0 Å². The first kappa shape index (κ1) is 6.86. The summed E-state index contributed by atoms with van der Waals surface area (Å²) in [5.41, 5.74) is 7.45. The largest absolute Gasteiger partial charge is 0.396 e. The lowest BCUT2D eigenvalue weighted by Gasteiger charge is -2.04. The SMILES string of the molecule is CNc1nccc(C)c1N. The van der Waals surface area contributed by atoms with Gasteiger partial charge < -0.3 is 11.1 Å². The molecule has 0 atom stereocenters. The van der Waals surface area contributed by atoms with Crippen molar-refractivity contribution in [1.29, 1.82) is 0 Å². The van der Waals surface area contributed by atoms with E-state index in [1.165, 1.54) is 0 Å². The number of nitrogens with zero attached hydrogens (tertiary/aromatic N) is 1. The number of aryl methyl sites for hydroxylation is 1. The van der Waals surface area contributed by atoms with Crippen LogP contribution in [-0.4, -0.2) is 12.0 Å². The fraction of sp³-hybridized carbons (Fsp3) is 0.286. The van der Waals surface area contributed by atoms with Crippen molar-refractivity contribution in [1.82, 2.24) is 4.98 Å². The lowest BCUT2D eigenvalue weighted by Crippen LogP contribution is -1.99. The Morgan fingerprint density at radius 3 is 2.80 bits per heavy atom. The molecular weight excluding hydrogens is 126 g/mol. The Bertz CT molecular complexity index is 232. The molecule has 0 bridgehead atoms. The first-order chi connectivity index (χ1) is 4.75. The molecule has 1 heterocycles. The Hall–Kier alpha value is -1.25. The quantitative estimate of drug-likeness (QED) is 0.607. The van der Waals surface area contributed by atoms with Crippen molar-refractivity contribution in [3.05, 3.63) is 17.8 Å². The topological polar surface area (TPSA) is 50.9 Å². The van der Waals surface area contributed by atoms with Gasteiger partial charge in [-0.1, -0.05) is 0 Å². The van der Waals surface area contributed by atoms with Gasteiger partial charge in [0.1, 0.15) is 5.82 Å². The standard InChI is InChI=1S/C7H11N3/c1-5-3-4-10-7(9-2)6(5)8/h3-4H,8H2,1-2H3,(H,9,10). The van der Waals surface area contributed by atoms with Crippen LogP contribution in [0.3, 0.4) is 0 Å². The summed E-state index contributed by atoms with van der Waals surface area (Å²) in [6, 6.07) is 1.89. The maximum atomic E-state index is 5.67. The monoisotopic (exact) mass is 137 g/mol. The molecule has 0 saturated heterocycles. The molecular formula is C7H11N3. The molecule has 0 fully saturated rings. The lowest BCUT2D eigenvalue weighted by atomic mass is 10.2. The number of hydrogen-bond acceptors (Lipinski definition) is 3. The average Bonchev–Trinajstić information content (AvgIpc) is 1.95. The molecule has 0 radical (unpaired) electrons. The zero-order valence-electron chi connectivity index (χ0n) is 6.18. The molecule has 0 unspecified atom stereocenters. The molecule has 1 rings (SSSR count). The van der Waals surface area contributed by atoms with Crippen LogP contribution >= 0.6 is 0 Å². The van der Waals surface area contributed by atoms with Gasteiger partial charge in [0, 0.05) is 13.2 Å². The van der Waals surface area contributed by atoms with E-state index in [2.05, 4.69) is 10.3 Å². The highest BCUT2D eigenvalue weighted by molar-refractivity contribution is 5.64. The van der Waals surface area contributed by atoms with Crippen molar-refractivity contribution in [2.24, 2.45) is 0 Å². The summed E-state index contributed by atoms with van der Waals surface area (Å²) < 4.78 is 0. The van der Waals surface area contributed by atoms with Gasteiger partial charge in [-0.05, 0) is 18.6 Å². The molecule has 0 aliphatic rings. The highest BCUT2D eigenvalue weighted by atomic mass is 15.0. The Morgan fingerprint density at radius 1 is 1.60 bits per heavy atom.